The molecule has 0 aromatic carbocycles. The highest BCUT2D eigenvalue weighted by molar-refractivity contribution is 4.70. The molecule has 3 heteroatoms. The third-order valence-corrected chi connectivity index (χ3v) is 1.54. The number of hydrogen-bond donors (Lipinski definition) is 3. The molecule has 0 aliphatic rings. The third-order valence-electron chi connectivity index (χ3n) is 1.54. The number of hydrogen-bond acceptors (Lipinski definition) is 3. The zero-order valence-corrected chi connectivity index (χ0v) is 6.83. The maximum absolute atomic E-state index is 9.02. The molecule has 0 fully saturated rings. The lowest BCUT2D eigenvalue weighted by Crippen LogP contribution is -2.42. The van der Waals surface area contributed by atoms with Gasteiger partial charge in [0.25, 0.3) is 0 Å². The normalized spacial score (nSPS) is 20.1. The SMILES string of the molecule is CC(CO)NC(C)C(C)O. The Bertz CT molecular complexity index is 85.7. The molecular weight excluding hydrogens is 130 g/mol. The Kier molecular flexibility index (Phi) is 4.60. The summed E-state index contributed by atoms with van der Waals surface area (Å²) in [5, 5.41) is 20.7. The Balaban J connectivity index is 3.46. The van der Waals surface area contributed by atoms with E-state index in [1.54, 1.807) is 6.92 Å². The average molecular weight is 147 g/mol. The van der Waals surface area contributed by atoms with Gasteiger partial charge in [-0.2, -0.15) is 0 Å². The highest BCUT2D eigenvalue weighted by atomic mass is 16.3. The van der Waals surface area contributed by atoms with E-state index in [4.69, 9.17) is 10.2 Å². The fourth-order valence-electron chi connectivity index (χ4n) is 0.641. The minimum absolute atomic E-state index is 0.0437. The van der Waals surface area contributed by atoms with Gasteiger partial charge in [0.1, 0.15) is 0 Å². The van der Waals surface area contributed by atoms with Gasteiger partial charge in [-0.05, 0) is 20.8 Å². The lowest BCUT2D eigenvalue weighted by molar-refractivity contribution is 0.137. The molecule has 0 aromatic heterocycles. The van der Waals surface area contributed by atoms with Crippen molar-refractivity contribution in [1.29, 1.82) is 0 Å². The summed E-state index contributed by atoms with van der Waals surface area (Å²) in [5.74, 6) is 0. The summed E-state index contributed by atoms with van der Waals surface area (Å²) in [6.07, 6.45) is -0.367. The van der Waals surface area contributed by atoms with E-state index in [0.717, 1.165) is 0 Å². The molecule has 0 aromatic rings. The van der Waals surface area contributed by atoms with Gasteiger partial charge >= 0.3 is 0 Å². The van der Waals surface area contributed by atoms with Crippen LogP contribution in [-0.4, -0.2) is 35.0 Å². The number of aliphatic hydroxyl groups is 2. The van der Waals surface area contributed by atoms with E-state index in [2.05, 4.69) is 5.32 Å². The summed E-state index contributed by atoms with van der Waals surface area (Å²) in [7, 11) is 0. The highest BCUT2D eigenvalue weighted by Gasteiger charge is 2.10. The van der Waals surface area contributed by atoms with Crippen molar-refractivity contribution in [2.45, 2.75) is 39.0 Å². The van der Waals surface area contributed by atoms with Crippen molar-refractivity contribution in [2.75, 3.05) is 6.61 Å². The van der Waals surface area contributed by atoms with Gasteiger partial charge in [-0.25, -0.2) is 0 Å². The van der Waals surface area contributed by atoms with Crippen LogP contribution < -0.4 is 5.32 Å². The molecule has 3 nitrogen and oxygen atoms in total. The number of rotatable bonds is 4. The molecule has 0 heterocycles. The zero-order valence-electron chi connectivity index (χ0n) is 6.83. The molecule has 3 N–H and O–H groups in total. The Hall–Kier alpha value is -0.120. The van der Waals surface area contributed by atoms with Crippen LogP contribution >= 0.6 is 0 Å². The van der Waals surface area contributed by atoms with Gasteiger partial charge in [0, 0.05) is 12.1 Å². The van der Waals surface area contributed by atoms with Gasteiger partial charge in [-0.3, -0.25) is 0 Å². The Labute approximate surface area is 62.1 Å². The molecule has 0 radical (unpaired) electrons. The molecule has 3 unspecified atom stereocenters. The molecule has 0 amide bonds. The minimum atomic E-state index is -0.367. The van der Waals surface area contributed by atoms with Crippen molar-refractivity contribution in [3.63, 3.8) is 0 Å². The first-order valence-electron chi connectivity index (χ1n) is 3.63. The van der Waals surface area contributed by atoms with Gasteiger partial charge in [-0.1, -0.05) is 0 Å². The Morgan fingerprint density at radius 1 is 1.30 bits per heavy atom. The van der Waals surface area contributed by atoms with E-state index in [1.807, 2.05) is 13.8 Å². The van der Waals surface area contributed by atoms with E-state index in [1.165, 1.54) is 0 Å². The van der Waals surface area contributed by atoms with Crippen molar-refractivity contribution in [3.8, 4) is 0 Å². The predicted molar refractivity (Wildman–Crippen MR) is 40.8 cm³/mol. The Morgan fingerprint density at radius 3 is 2.10 bits per heavy atom. The smallest absolute Gasteiger partial charge is 0.0662 e. The summed E-state index contributed by atoms with van der Waals surface area (Å²) >= 11 is 0. The maximum Gasteiger partial charge on any atom is 0.0662 e. The van der Waals surface area contributed by atoms with Gasteiger partial charge in [0.05, 0.1) is 12.7 Å². The van der Waals surface area contributed by atoms with Gasteiger partial charge in [-0.15, -0.1) is 0 Å². The molecule has 0 spiro atoms. The first-order valence-corrected chi connectivity index (χ1v) is 3.63. The monoisotopic (exact) mass is 147 g/mol. The molecule has 0 aliphatic heterocycles. The molecular formula is C7H17NO2. The van der Waals surface area contributed by atoms with Crippen LogP contribution in [-0.2, 0) is 0 Å². The highest BCUT2D eigenvalue weighted by Crippen LogP contribution is 1.92. The fraction of sp³-hybridized carbons (Fsp3) is 1.00. The summed E-state index contributed by atoms with van der Waals surface area (Å²) in [6, 6.07) is 0.103. The topological polar surface area (TPSA) is 52.5 Å². The van der Waals surface area contributed by atoms with Crippen LogP contribution in [0.5, 0.6) is 0 Å². The number of nitrogens with one attached hydrogen (secondary N) is 1. The first kappa shape index (κ1) is 9.88. The summed E-state index contributed by atoms with van der Waals surface area (Å²) in [6.45, 7) is 5.59. The lowest BCUT2D eigenvalue weighted by atomic mass is 10.2. The van der Waals surface area contributed by atoms with Crippen LogP contribution in [0.2, 0.25) is 0 Å². The van der Waals surface area contributed by atoms with Crippen molar-refractivity contribution in [2.24, 2.45) is 0 Å². The average Bonchev–Trinajstić information content (AvgIpc) is 1.87. The molecule has 0 rings (SSSR count). The molecule has 10 heavy (non-hydrogen) atoms. The van der Waals surface area contributed by atoms with Crippen molar-refractivity contribution in [3.05, 3.63) is 0 Å². The number of aliphatic hydroxyl groups excluding tert-OH is 2. The van der Waals surface area contributed by atoms with Crippen LogP contribution in [0.3, 0.4) is 0 Å². The zero-order chi connectivity index (χ0) is 8.15. The van der Waals surface area contributed by atoms with Gasteiger partial charge in [0.15, 0.2) is 0 Å². The molecule has 0 bridgehead atoms. The quantitative estimate of drug-likeness (QED) is 0.513. The molecule has 3 atom stereocenters. The largest absolute Gasteiger partial charge is 0.395 e. The first-order chi connectivity index (χ1) is 4.57. The van der Waals surface area contributed by atoms with Gasteiger partial charge in [0.2, 0.25) is 0 Å². The fourth-order valence-corrected chi connectivity index (χ4v) is 0.641. The predicted octanol–water partition coefficient (Wildman–Crippen LogP) is -0.274. The minimum Gasteiger partial charge on any atom is -0.395 e. The lowest BCUT2D eigenvalue weighted by Gasteiger charge is -2.20. The van der Waals surface area contributed by atoms with E-state index in [-0.39, 0.29) is 24.8 Å². The Morgan fingerprint density at radius 2 is 1.80 bits per heavy atom. The molecule has 0 saturated heterocycles. The molecule has 62 valence electrons. The van der Waals surface area contributed by atoms with E-state index < -0.39 is 0 Å². The standard InChI is InChI=1S/C7H17NO2/c1-5(4-9)8-6(2)7(3)10/h5-10H,4H2,1-3H3. The second-order valence-electron chi connectivity index (χ2n) is 2.78. The van der Waals surface area contributed by atoms with Crippen LogP contribution in [0, 0.1) is 0 Å². The second kappa shape index (κ2) is 4.66. The van der Waals surface area contributed by atoms with Crippen LogP contribution in [0.15, 0.2) is 0 Å². The second-order valence-corrected chi connectivity index (χ2v) is 2.78. The van der Waals surface area contributed by atoms with Crippen LogP contribution in [0.4, 0.5) is 0 Å². The van der Waals surface area contributed by atoms with Crippen molar-refractivity contribution in [1.82, 2.24) is 5.32 Å². The maximum atomic E-state index is 9.02. The van der Waals surface area contributed by atoms with Crippen LogP contribution in [0.25, 0.3) is 0 Å². The van der Waals surface area contributed by atoms with Gasteiger partial charge < -0.3 is 15.5 Å². The van der Waals surface area contributed by atoms with E-state index >= 15 is 0 Å². The molecule has 0 saturated carbocycles. The van der Waals surface area contributed by atoms with E-state index in [0.29, 0.717) is 0 Å². The summed E-state index contributed by atoms with van der Waals surface area (Å²) in [4.78, 5) is 0. The van der Waals surface area contributed by atoms with E-state index in [9.17, 15) is 0 Å². The van der Waals surface area contributed by atoms with Crippen molar-refractivity contribution < 1.29 is 10.2 Å². The molecule has 0 aliphatic carbocycles. The summed E-state index contributed by atoms with van der Waals surface area (Å²) < 4.78 is 0. The van der Waals surface area contributed by atoms with Crippen LogP contribution in [0.1, 0.15) is 20.8 Å². The van der Waals surface area contributed by atoms with Crippen molar-refractivity contribution >= 4 is 0 Å². The third kappa shape index (κ3) is 3.82. The summed E-state index contributed by atoms with van der Waals surface area (Å²) in [5.41, 5.74) is 0.